The summed E-state index contributed by atoms with van der Waals surface area (Å²) in [5.74, 6) is 0. The van der Waals surface area contributed by atoms with Crippen LogP contribution < -0.4 is 14.9 Å². The monoisotopic (exact) mass is 299 g/mol. The Morgan fingerprint density at radius 3 is 2.47 bits per heavy atom. The van der Waals surface area contributed by atoms with Crippen molar-refractivity contribution in [2.45, 2.75) is 12.2 Å². The molecule has 0 aromatic heterocycles. The summed E-state index contributed by atoms with van der Waals surface area (Å²) in [5, 5.41) is -0.862. The number of likely N-dealkylation sites (N-methyl/N-ethyl adjacent to an activating group) is 1. The summed E-state index contributed by atoms with van der Waals surface area (Å²) in [4.78, 5) is 2.03. The highest BCUT2D eigenvalue weighted by atomic mass is 32.2. The van der Waals surface area contributed by atoms with Crippen LogP contribution in [-0.4, -0.2) is 38.8 Å². The van der Waals surface area contributed by atoms with Crippen molar-refractivity contribution in [3.8, 4) is 0 Å². The number of nitrogens with two attached hydrogens (primary N) is 1. The molecule has 1 aliphatic rings. The van der Waals surface area contributed by atoms with Gasteiger partial charge < -0.3 is 10.6 Å². The fourth-order valence-electron chi connectivity index (χ4n) is 2.08. The van der Waals surface area contributed by atoms with Crippen molar-refractivity contribution in [2.24, 2.45) is 5.73 Å². The van der Waals surface area contributed by atoms with E-state index < -0.39 is 15.3 Å². The smallest absolute Gasteiger partial charge is 0.244 e. The molecule has 1 aromatic carbocycles. The molecule has 0 fully saturated rings. The van der Waals surface area contributed by atoms with Gasteiger partial charge >= 0.3 is 0 Å². The molecule has 0 bridgehead atoms. The second-order valence-corrected chi connectivity index (χ2v) is 7.22. The molecule has 0 saturated carbocycles. The van der Waals surface area contributed by atoms with Gasteiger partial charge in [-0.1, -0.05) is 24.4 Å². The van der Waals surface area contributed by atoms with Crippen LogP contribution in [0.3, 0.4) is 0 Å². The first-order valence-corrected chi connectivity index (χ1v) is 7.88. The van der Waals surface area contributed by atoms with Gasteiger partial charge in [-0.25, -0.2) is 8.42 Å². The zero-order valence-corrected chi connectivity index (χ0v) is 12.5. The maximum atomic E-state index is 12.5. The lowest BCUT2D eigenvalue weighted by atomic mass is 10.2. The average molecular weight is 299 g/mol. The second kappa shape index (κ2) is 4.97. The van der Waals surface area contributed by atoms with Gasteiger partial charge in [0.2, 0.25) is 10.0 Å². The van der Waals surface area contributed by atoms with Gasteiger partial charge in [-0.15, -0.1) is 0 Å². The minimum Gasteiger partial charge on any atom is -0.392 e. The molecule has 1 atom stereocenters. The number of fused-ring (bicyclic) bond motifs is 1. The molecule has 1 aromatic rings. The van der Waals surface area contributed by atoms with E-state index in [-0.39, 0.29) is 4.99 Å². The van der Waals surface area contributed by atoms with Crippen LogP contribution in [0.15, 0.2) is 24.3 Å². The van der Waals surface area contributed by atoms with Crippen LogP contribution in [0, 0.1) is 0 Å². The summed E-state index contributed by atoms with van der Waals surface area (Å²) in [7, 11) is -1.61. The summed E-state index contributed by atoms with van der Waals surface area (Å²) in [6.07, 6.45) is 0. The molecule has 104 valence electrons. The summed E-state index contributed by atoms with van der Waals surface area (Å²) in [6, 6.07) is 7.42. The van der Waals surface area contributed by atoms with Crippen molar-refractivity contribution >= 4 is 38.6 Å². The van der Waals surface area contributed by atoms with Gasteiger partial charge in [-0.2, -0.15) is 0 Å². The standard InChI is InChI=1S/C12H17N3O2S2/c1-9(12(13)18)19(16,17)15-8-7-14(2)10-5-3-4-6-11(10)15/h3-6,9H,7-8H2,1-2H3,(H2,13,18). The maximum absolute atomic E-state index is 12.5. The van der Waals surface area contributed by atoms with Gasteiger partial charge in [0.05, 0.1) is 22.9 Å². The molecule has 0 saturated heterocycles. The number of nitrogens with zero attached hydrogens (tertiary/aromatic N) is 2. The number of hydrogen-bond acceptors (Lipinski definition) is 4. The van der Waals surface area contributed by atoms with Gasteiger partial charge in [0.15, 0.2) is 0 Å². The Hall–Kier alpha value is -1.34. The van der Waals surface area contributed by atoms with Crippen molar-refractivity contribution in [3.63, 3.8) is 0 Å². The highest BCUT2D eigenvalue weighted by molar-refractivity contribution is 7.95. The van der Waals surface area contributed by atoms with Gasteiger partial charge in [-0.05, 0) is 19.1 Å². The maximum Gasteiger partial charge on any atom is 0.244 e. The van der Waals surface area contributed by atoms with Crippen molar-refractivity contribution in [3.05, 3.63) is 24.3 Å². The lowest BCUT2D eigenvalue weighted by Gasteiger charge is -2.37. The Balaban J connectivity index is 2.49. The molecule has 0 aliphatic carbocycles. The molecule has 1 aliphatic heterocycles. The lowest BCUT2D eigenvalue weighted by Crippen LogP contribution is -2.48. The Kier molecular flexibility index (Phi) is 3.69. The first-order chi connectivity index (χ1) is 8.85. The van der Waals surface area contributed by atoms with Crippen molar-refractivity contribution in [1.82, 2.24) is 0 Å². The summed E-state index contributed by atoms with van der Waals surface area (Å²) in [5.41, 5.74) is 7.07. The molecule has 1 heterocycles. The van der Waals surface area contributed by atoms with E-state index in [1.165, 1.54) is 11.2 Å². The molecular weight excluding hydrogens is 282 g/mol. The van der Waals surface area contributed by atoms with Gasteiger partial charge in [0.25, 0.3) is 0 Å². The normalized spacial score (nSPS) is 16.9. The molecule has 7 heteroatoms. The Morgan fingerprint density at radius 1 is 1.32 bits per heavy atom. The van der Waals surface area contributed by atoms with Crippen LogP contribution in [0.4, 0.5) is 11.4 Å². The first kappa shape index (κ1) is 14.1. The van der Waals surface area contributed by atoms with Crippen LogP contribution in [0.5, 0.6) is 0 Å². The number of rotatable bonds is 3. The van der Waals surface area contributed by atoms with Crippen molar-refractivity contribution < 1.29 is 8.42 Å². The van der Waals surface area contributed by atoms with Crippen molar-refractivity contribution in [1.29, 1.82) is 0 Å². The third kappa shape index (κ3) is 2.40. The van der Waals surface area contributed by atoms with Gasteiger partial charge in [0, 0.05) is 13.6 Å². The van der Waals surface area contributed by atoms with E-state index in [1.54, 1.807) is 6.07 Å². The van der Waals surface area contributed by atoms with Crippen LogP contribution in [0.25, 0.3) is 0 Å². The van der Waals surface area contributed by atoms with E-state index in [0.717, 1.165) is 5.69 Å². The number of thiocarbonyl (C=S) groups is 1. The number of hydrogen-bond donors (Lipinski definition) is 1. The zero-order chi connectivity index (χ0) is 14.2. The van der Waals surface area contributed by atoms with E-state index in [2.05, 4.69) is 0 Å². The Labute approximate surface area is 119 Å². The summed E-state index contributed by atoms with van der Waals surface area (Å²) in [6.45, 7) is 2.57. The number of benzene rings is 1. The third-order valence-electron chi connectivity index (χ3n) is 3.35. The molecular formula is C12H17N3O2S2. The van der Waals surface area contributed by atoms with Crippen LogP contribution >= 0.6 is 12.2 Å². The topological polar surface area (TPSA) is 66.6 Å². The van der Waals surface area contributed by atoms with Crippen LogP contribution in [0.2, 0.25) is 0 Å². The molecule has 19 heavy (non-hydrogen) atoms. The van der Waals surface area contributed by atoms with E-state index in [4.69, 9.17) is 18.0 Å². The molecule has 0 amide bonds. The number of para-hydroxylation sites is 2. The van der Waals surface area contributed by atoms with Crippen LogP contribution in [-0.2, 0) is 10.0 Å². The lowest BCUT2D eigenvalue weighted by molar-refractivity contribution is 0.586. The molecule has 0 radical (unpaired) electrons. The third-order valence-corrected chi connectivity index (χ3v) is 6.00. The first-order valence-electron chi connectivity index (χ1n) is 5.96. The number of sulfonamides is 1. The predicted octanol–water partition coefficient (Wildman–Crippen LogP) is 0.947. The van der Waals surface area contributed by atoms with Crippen molar-refractivity contribution in [2.75, 3.05) is 29.3 Å². The number of anilines is 2. The minimum absolute atomic E-state index is 0.00332. The molecule has 2 rings (SSSR count). The van der Waals surface area contributed by atoms with Crippen LogP contribution in [0.1, 0.15) is 6.92 Å². The van der Waals surface area contributed by atoms with E-state index >= 15 is 0 Å². The molecule has 2 N–H and O–H groups in total. The molecule has 5 nitrogen and oxygen atoms in total. The SMILES string of the molecule is CC(C(N)=S)S(=O)(=O)N1CCN(C)c2ccccc21. The van der Waals surface area contributed by atoms with Gasteiger partial charge in [0.1, 0.15) is 5.25 Å². The van der Waals surface area contributed by atoms with E-state index in [9.17, 15) is 8.42 Å². The summed E-state index contributed by atoms with van der Waals surface area (Å²) < 4.78 is 26.5. The second-order valence-electron chi connectivity index (χ2n) is 4.57. The highest BCUT2D eigenvalue weighted by Gasteiger charge is 2.34. The largest absolute Gasteiger partial charge is 0.392 e. The Morgan fingerprint density at radius 2 is 1.89 bits per heavy atom. The Bertz CT molecular complexity index is 601. The molecule has 0 spiro atoms. The average Bonchev–Trinajstić information content (AvgIpc) is 2.38. The van der Waals surface area contributed by atoms with E-state index in [1.807, 2.05) is 30.1 Å². The summed E-state index contributed by atoms with van der Waals surface area (Å²) >= 11 is 4.82. The minimum atomic E-state index is -3.56. The quantitative estimate of drug-likeness (QED) is 0.842. The highest BCUT2D eigenvalue weighted by Crippen LogP contribution is 2.34. The fourth-order valence-corrected chi connectivity index (χ4v) is 3.89. The molecule has 1 unspecified atom stereocenters. The zero-order valence-electron chi connectivity index (χ0n) is 10.9. The van der Waals surface area contributed by atoms with E-state index in [0.29, 0.717) is 18.8 Å². The fraction of sp³-hybridized carbons (Fsp3) is 0.417. The predicted molar refractivity (Wildman–Crippen MR) is 82.2 cm³/mol. The van der Waals surface area contributed by atoms with Gasteiger partial charge in [-0.3, -0.25) is 4.31 Å².